The molecule has 0 aliphatic carbocycles. The summed E-state index contributed by atoms with van der Waals surface area (Å²) in [5.74, 6) is 0.650. The third kappa shape index (κ3) is 4.07. The lowest BCUT2D eigenvalue weighted by molar-refractivity contribution is -0.116. The number of benzene rings is 2. The molecule has 0 spiro atoms. The summed E-state index contributed by atoms with van der Waals surface area (Å²) in [6.45, 7) is 0.183. The molecule has 2 aromatic rings. The second kappa shape index (κ2) is 7.66. The second-order valence-electron chi connectivity index (χ2n) is 5.73. The lowest BCUT2D eigenvalue weighted by atomic mass is 9.97. The Morgan fingerprint density at radius 2 is 1.96 bits per heavy atom. The third-order valence-corrected chi connectivity index (χ3v) is 4.05. The van der Waals surface area contributed by atoms with Crippen LogP contribution < -0.4 is 4.74 Å². The van der Waals surface area contributed by atoms with Crippen molar-refractivity contribution in [2.24, 2.45) is 0 Å². The lowest BCUT2D eigenvalue weighted by Crippen LogP contribution is -2.34. The number of allylic oxidation sites excluding steroid dienone is 1. The predicted molar refractivity (Wildman–Crippen MR) is 93.0 cm³/mol. The smallest absolute Gasteiger partial charge is 0.414 e. The van der Waals surface area contributed by atoms with Crippen molar-refractivity contribution in [1.29, 1.82) is 0 Å². The zero-order valence-corrected chi connectivity index (χ0v) is 13.9. The fraction of sp³-hybridized carbons (Fsp3) is 0.200. The Morgan fingerprint density at radius 1 is 1.16 bits per heavy atom. The van der Waals surface area contributed by atoms with E-state index in [-0.39, 0.29) is 18.8 Å². The van der Waals surface area contributed by atoms with Gasteiger partial charge in [0.15, 0.2) is 5.78 Å². The lowest BCUT2D eigenvalue weighted by Gasteiger charge is -2.30. The quantitative estimate of drug-likeness (QED) is 0.850. The minimum absolute atomic E-state index is 0.0278. The average molecular weight is 337 g/mol. The normalized spacial score (nSPS) is 16.6. The highest BCUT2D eigenvalue weighted by Crippen LogP contribution is 2.31. The van der Waals surface area contributed by atoms with E-state index in [0.29, 0.717) is 5.75 Å². The molecule has 3 rings (SSSR count). The van der Waals surface area contributed by atoms with E-state index < -0.39 is 12.1 Å². The van der Waals surface area contributed by atoms with Crippen LogP contribution in [-0.2, 0) is 16.1 Å². The first-order valence-corrected chi connectivity index (χ1v) is 8.01. The van der Waals surface area contributed by atoms with E-state index in [9.17, 15) is 9.59 Å². The Hall–Kier alpha value is -3.08. The van der Waals surface area contributed by atoms with Gasteiger partial charge in [-0.1, -0.05) is 42.5 Å². The molecular formula is C20H19NO4. The van der Waals surface area contributed by atoms with Crippen LogP contribution in [0.25, 0.3) is 0 Å². The summed E-state index contributed by atoms with van der Waals surface area (Å²) in [6.07, 6.45) is 2.62. The van der Waals surface area contributed by atoms with Gasteiger partial charge in [-0.25, -0.2) is 4.79 Å². The maximum absolute atomic E-state index is 12.5. The molecule has 0 fully saturated rings. The molecule has 1 heterocycles. The van der Waals surface area contributed by atoms with Crippen molar-refractivity contribution in [3.05, 3.63) is 78.0 Å². The maximum Gasteiger partial charge on any atom is 0.414 e. The average Bonchev–Trinajstić information content (AvgIpc) is 2.67. The van der Waals surface area contributed by atoms with Gasteiger partial charge in [-0.2, -0.15) is 0 Å². The number of carbonyl (C=O) groups is 2. The largest absolute Gasteiger partial charge is 0.497 e. The first-order valence-electron chi connectivity index (χ1n) is 8.01. The van der Waals surface area contributed by atoms with Gasteiger partial charge in [-0.15, -0.1) is 0 Å². The van der Waals surface area contributed by atoms with Crippen LogP contribution in [-0.4, -0.2) is 23.9 Å². The van der Waals surface area contributed by atoms with Crippen molar-refractivity contribution in [2.75, 3.05) is 7.11 Å². The summed E-state index contributed by atoms with van der Waals surface area (Å²) in [6, 6.07) is 16.4. The SMILES string of the molecule is COc1cccc(C2CC(=O)C=CN2C(=O)OCc2ccccc2)c1. The van der Waals surface area contributed by atoms with Gasteiger partial charge in [0.1, 0.15) is 12.4 Å². The number of hydrogen-bond acceptors (Lipinski definition) is 4. The number of ether oxygens (including phenoxy) is 2. The zero-order valence-electron chi connectivity index (χ0n) is 13.9. The van der Waals surface area contributed by atoms with Crippen LogP contribution in [0.3, 0.4) is 0 Å². The number of hydrogen-bond donors (Lipinski definition) is 0. The first kappa shape index (κ1) is 16.8. The molecule has 1 unspecified atom stereocenters. The summed E-state index contributed by atoms with van der Waals surface area (Å²) < 4.78 is 10.6. The molecule has 0 N–H and O–H groups in total. The summed E-state index contributed by atoms with van der Waals surface area (Å²) in [7, 11) is 1.58. The first-order chi connectivity index (χ1) is 12.2. The van der Waals surface area contributed by atoms with Crippen molar-refractivity contribution in [3.63, 3.8) is 0 Å². The molecule has 0 bridgehead atoms. The molecule has 0 aromatic heterocycles. The molecule has 1 atom stereocenters. The van der Waals surface area contributed by atoms with Crippen molar-refractivity contribution < 1.29 is 19.1 Å². The standard InChI is InChI=1S/C20H19NO4/c1-24-18-9-5-8-16(12-18)19-13-17(22)10-11-21(19)20(23)25-14-15-6-3-2-4-7-15/h2-12,19H,13-14H2,1H3. The molecule has 25 heavy (non-hydrogen) atoms. The van der Waals surface area contributed by atoms with Gasteiger partial charge in [-0.05, 0) is 29.3 Å². The van der Waals surface area contributed by atoms with Gasteiger partial charge in [0.25, 0.3) is 0 Å². The summed E-state index contributed by atoms with van der Waals surface area (Å²) in [4.78, 5) is 25.8. The van der Waals surface area contributed by atoms with Crippen LogP contribution in [0, 0.1) is 0 Å². The Morgan fingerprint density at radius 3 is 2.72 bits per heavy atom. The molecule has 0 saturated heterocycles. The van der Waals surface area contributed by atoms with Crippen LogP contribution in [0.4, 0.5) is 4.79 Å². The molecule has 1 aliphatic rings. The minimum Gasteiger partial charge on any atom is -0.497 e. The molecule has 2 aromatic carbocycles. The van der Waals surface area contributed by atoms with Gasteiger partial charge >= 0.3 is 6.09 Å². The van der Waals surface area contributed by atoms with Gasteiger partial charge < -0.3 is 9.47 Å². The van der Waals surface area contributed by atoms with Crippen LogP contribution in [0.5, 0.6) is 5.75 Å². The van der Waals surface area contributed by atoms with Crippen LogP contribution >= 0.6 is 0 Å². The van der Waals surface area contributed by atoms with Gasteiger partial charge in [0.05, 0.1) is 13.2 Å². The van der Waals surface area contributed by atoms with Crippen LogP contribution in [0.1, 0.15) is 23.6 Å². The number of amides is 1. The molecule has 1 amide bonds. The number of nitrogens with zero attached hydrogens (tertiary/aromatic N) is 1. The van der Waals surface area contributed by atoms with E-state index in [2.05, 4.69) is 0 Å². The summed E-state index contributed by atoms with van der Waals surface area (Å²) >= 11 is 0. The molecule has 5 heteroatoms. The van der Waals surface area contributed by atoms with E-state index in [0.717, 1.165) is 11.1 Å². The van der Waals surface area contributed by atoms with Crippen molar-refractivity contribution >= 4 is 11.9 Å². The number of carbonyl (C=O) groups excluding carboxylic acids is 2. The molecular weight excluding hydrogens is 318 g/mol. The Labute approximate surface area is 146 Å². The number of methoxy groups -OCH3 is 1. The molecule has 5 nitrogen and oxygen atoms in total. The van der Waals surface area contributed by atoms with E-state index in [1.54, 1.807) is 7.11 Å². The topological polar surface area (TPSA) is 55.8 Å². The number of rotatable bonds is 4. The highest BCUT2D eigenvalue weighted by Gasteiger charge is 2.30. The van der Waals surface area contributed by atoms with E-state index >= 15 is 0 Å². The summed E-state index contributed by atoms with van der Waals surface area (Å²) in [5, 5.41) is 0. The van der Waals surface area contributed by atoms with Gasteiger partial charge in [0, 0.05) is 12.6 Å². The molecule has 128 valence electrons. The Bertz CT molecular complexity index is 785. The van der Waals surface area contributed by atoms with Crippen molar-refractivity contribution in [2.45, 2.75) is 19.1 Å². The Kier molecular flexibility index (Phi) is 5.14. The van der Waals surface area contributed by atoms with Crippen LogP contribution in [0.15, 0.2) is 66.9 Å². The van der Waals surface area contributed by atoms with Crippen LogP contribution in [0.2, 0.25) is 0 Å². The summed E-state index contributed by atoms with van der Waals surface area (Å²) in [5.41, 5.74) is 1.74. The monoisotopic (exact) mass is 337 g/mol. The highest BCUT2D eigenvalue weighted by molar-refractivity contribution is 5.92. The fourth-order valence-electron chi connectivity index (χ4n) is 2.73. The van der Waals surface area contributed by atoms with Crippen molar-refractivity contribution in [1.82, 2.24) is 4.90 Å². The molecule has 1 aliphatic heterocycles. The second-order valence-corrected chi connectivity index (χ2v) is 5.73. The van der Waals surface area contributed by atoms with E-state index in [1.807, 2.05) is 54.6 Å². The molecule has 0 saturated carbocycles. The van der Waals surface area contributed by atoms with E-state index in [1.165, 1.54) is 17.2 Å². The van der Waals surface area contributed by atoms with Gasteiger partial charge in [0.2, 0.25) is 0 Å². The predicted octanol–water partition coefficient (Wildman–Crippen LogP) is 3.86. The van der Waals surface area contributed by atoms with Crippen molar-refractivity contribution in [3.8, 4) is 5.75 Å². The zero-order chi connectivity index (χ0) is 17.6. The third-order valence-electron chi connectivity index (χ3n) is 4.05. The highest BCUT2D eigenvalue weighted by atomic mass is 16.6. The molecule has 0 radical (unpaired) electrons. The maximum atomic E-state index is 12.5. The fourth-order valence-corrected chi connectivity index (χ4v) is 2.73. The minimum atomic E-state index is -0.486. The number of ketones is 1. The van der Waals surface area contributed by atoms with E-state index in [4.69, 9.17) is 9.47 Å². The van der Waals surface area contributed by atoms with Gasteiger partial charge in [-0.3, -0.25) is 9.69 Å². The Balaban J connectivity index is 1.77.